The normalized spacial score (nSPS) is 10.1. The fourth-order valence-electron chi connectivity index (χ4n) is 1.90. The van der Waals surface area contributed by atoms with Gasteiger partial charge < -0.3 is 15.0 Å². The van der Waals surface area contributed by atoms with E-state index in [-0.39, 0.29) is 5.91 Å². The third-order valence-electron chi connectivity index (χ3n) is 2.93. The molecule has 2 rings (SSSR count). The minimum atomic E-state index is -0.225. The van der Waals surface area contributed by atoms with Crippen molar-refractivity contribution in [2.45, 2.75) is 0 Å². The van der Waals surface area contributed by atoms with Crippen molar-refractivity contribution < 1.29 is 9.53 Å². The second kappa shape index (κ2) is 6.58. The lowest BCUT2D eigenvalue weighted by Gasteiger charge is -2.19. The fourth-order valence-corrected chi connectivity index (χ4v) is 2.37. The van der Waals surface area contributed by atoms with Crippen molar-refractivity contribution in [3.63, 3.8) is 0 Å². The number of hydrogen-bond acceptors (Lipinski definition) is 4. The van der Waals surface area contributed by atoms with E-state index in [2.05, 4.69) is 26.2 Å². The Hall–Kier alpha value is -2.08. The van der Waals surface area contributed by atoms with E-state index in [1.54, 1.807) is 12.3 Å². The van der Waals surface area contributed by atoms with E-state index in [1.807, 2.05) is 43.3 Å². The number of rotatable bonds is 4. The highest BCUT2D eigenvalue weighted by molar-refractivity contribution is 9.10. The van der Waals surface area contributed by atoms with Crippen molar-refractivity contribution in [2.24, 2.45) is 0 Å². The summed E-state index contributed by atoms with van der Waals surface area (Å²) in [7, 11) is 5.31. The molecule has 5 nitrogen and oxygen atoms in total. The van der Waals surface area contributed by atoms with Crippen LogP contribution < -0.4 is 15.0 Å². The van der Waals surface area contributed by atoms with Crippen molar-refractivity contribution in [2.75, 3.05) is 31.4 Å². The van der Waals surface area contributed by atoms with E-state index in [1.165, 1.54) is 7.11 Å². The zero-order valence-electron chi connectivity index (χ0n) is 12.1. The van der Waals surface area contributed by atoms with Crippen LogP contribution in [0.5, 0.6) is 5.88 Å². The lowest BCUT2D eigenvalue weighted by molar-refractivity contribution is 0.102. The Balaban J connectivity index is 2.39. The average Bonchev–Trinajstić information content (AvgIpc) is 2.47. The van der Waals surface area contributed by atoms with Crippen molar-refractivity contribution in [3.8, 4) is 5.88 Å². The third kappa shape index (κ3) is 3.33. The smallest absolute Gasteiger partial charge is 0.257 e. The predicted molar refractivity (Wildman–Crippen MR) is 87.2 cm³/mol. The van der Waals surface area contributed by atoms with Crippen molar-refractivity contribution in [1.29, 1.82) is 0 Å². The molecule has 1 heterocycles. The lowest BCUT2D eigenvalue weighted by Crippen LogP contribution is -2.18. The number of halogens is 1. The SMILES string of the molecule is COc1nccc(N(C)C)c1NC(=O)c1ccccc1Br. The first kappa shape index (κ1) is 15.3. The van der Waals surface area contributed by atoms with E-state index < -0.39 is 0 Å². The van der Waals surface area contributed by atoms with Crippen molar-refractivity contribution >= 4 is 33.2 Å². The summed E-state index contributed by atoms with van der Waals surface area (Å²) in [5.74, 6) is 0.151. The molecule has 0 bridgehead atoms. The number of anilines is 2. The van der Waals surface area contributed by atoms with Gasteiger partial charge in [0, 0.05) is 24.8 Å². The first-order chi connectivity index (χ1) is 10.0. The van der Waals surface area contributed by atoms with Gasteiger partial charge in [0.25, 0.3) is 5.91 Å². The standard InChI is InChI=1S/C15H16BrN3O2/c1-19(2)12-8-9-17-15(21-3)13(12)18-14(20)10-6-4-5-7-11(10)16/h4-9H,1-3H3,(H,18,20). The van der Waals surface area contributed by atoms with Crippen LogP contribution in [0.15, 0.2) is 41.0 Å². The summed E-state index contributed by atoms with van der Waals surface area (Å²) in [6, 6.07) is 9.06. The number of benzene rings is 1. The topological polar surface area (TPSA) is 54.5 Å². The Morgan fingerprint density at radius 2 is 2.00 bits per heavy atom. The highest BCUT2D eigenvalue weighted by Gasteiger charge is 2.17. The molecule has 0 saturated heterocycles. The van der Waals surface area contributed by atoms with Gasteiger partial charge in [-0.3, -0.25) is 4.79 Å². The highest BCUT2D eigenvalue weighted by atomic mass is 79.9. The van der Waals surface area contributed by atoms with Gasteiger partial charge in [-0.15, -0.1) is 0 Å². The second-order valence-electron chi connectivity index (χ2n) is 4.54. The first-order valence-corrected chi connectivity index (χ1v) is 7.10. The van der Waals surface area contributed by atoms with Gasteiger partial charge in [-0.05, 0) is 34.1 Å². The molecule has 110 valence electrons. The molecule has 0 radical (unpaired) electrons. The summed E-state index contributed by atoms with van der Waals surface area (Å²) in [5, 5.41) is 2.87. The molecule has 1 aromatic heterocycles. The van der Waals surface area contributed by atoms with Crippen LogP contribution in [0, 0.1) is 0 Å². The number of hydrogen-bond donors (Lipinski definition) is 1. The van der Waals surface area contributed by atoms with Gasteiger partial charge in [-0.2, -0.15) is 0 Å². The van der Waals surface area contributed by atoms with Gasteiger partial charge in [-0.1, -0.05) is 12.1 Å². The second-order valence-corrected chi connectivity index (χ2v) is 5.40. The number of amides is 1. The molecular weight excluding hydrogens is 334 g/mol. The number of nitrogens with zero attached hydrogens (tertiary/aromatic N) is 2. The van der Waals surface area contributed by atoms with Crippen molar-refractivity contribution in [3.05, 3.63) is 46.6 Å². The molecule has 1 amide bonds. The third-order valence-corrected chi connectivity index (χ3v) is 3.62. The molecule has 1 aromatic carbocycles. The molecule has 0 unspecified atom stereocenters. The Labute approximate surface area is 132 Å². The van der Waals surface area contributed by atoms with E-state index in [0.29, 0.717) is 17.1 Å². The molecule has 1 N–H and O–H groups in total. The highest BCUT2D eigenvalue weighted by Crippen LogP contribution is 2.32. The molecule has 21 heavy (non-hydrogen) atoms. The van der Waals surface area contributed by atoms with Crippen LogP contribution >= 0.6 is 15.9 Å². The van der Waals surface area contributed by atoms with Crippen LogP contribution in [0.25, 0.3) is 0 Å². The predicted octanol–water partition coefficient (Wildman–Crippen LogP) is 3.17. The summed E-state index contributed by atoms with van der Waals surface area (Å²) in [4.78, 5) is 18.5. The quantitative estimate of drug-likeness (QED) is 0.920. The van der Waals surface area contributed by atoms with E-state index in [0.717, 1.165) is 10.2 Å². The molecule has 0 aliphatic carbocycles. The Morgan fingerprint density at radius 3 is 2.62 bits per heavy atom. The molecule has 0 fully saturated rings. The Bertz CT molecular complexity index is 659. The van der Waals surface area contributed by atoms with Crippen LogP contribution in [0.2, 0.25) is 0 Å². The minimum absolute atomic E-state index is 0.225. The van der Waals surface area contributed by atoms with Crippen LogP contribution in [0.4, 0.5) is 11.4 Å². The average molecular weight is 350 g/mol. The Morgan fingerprint density at radius 1 is 1.29 bits per heavy atom. The summed E-state index contributed by atoms with van der Waals surface area (Å²) < 4.78 is 5.97. The number of carbonyl (C=O) groups is 1. The maximum Gasteiger partial charge on any atom is 0.257 e. The van der Waals surface area contributed by atoms with Gasteiger partial charge in [0.05, 0.1) is 18.4 Å². The minimum Gasteiger partial charge on any atom is -0.479 e. The Kier molecular flexibility index (Phi) is 4.80. The number of nitrogens with one attached hydrogen (secondary N) is 1. The van der Waals surface area contributed by atoms with E-state index in [9.17, 15) is 4.79 Å². The molecule has 2 aromatic rings. The summed E-state index contributed by atoms with van der Waals surface area (Å²) in [6.45, 7) is 0. The fraction of sp³-hybridized carbons (Fsp3) is 0.200. The number of aromatic nitrogens is 1. The maximum atomic E-state index is 12.4. The lowest BCUT2D eigenvalue weighted by atomic mass is 10.2. The zero-order chi connectivity index (χ0) is 15.4. The number of carbonyl (C=O) groups excluding carboxylic acids is 1. The van der Waals surface area contributed by atoms with E-state index >= 15 is 0 Å². The monoisotopic (exact) mass is 349 g/mol. The van der Waals surface area contributed by atoms with Gasteiger partial charge in [0.15, 0.2) is 0 Å². The maximum absolute atomic E-state index is 12.4. The van der Waals surface area contributed by atoms with Gasteiger partial charge >= 0.3 is 0 Å². The van der Waals surface area contributed by atoms with Crippen LogP contribution in [0.3, 0.4) is 0 Å². The number of pyridine rings is 1. The van der Waals surface area contributed by atoms with E-state index in [4.69, 9.17) is 4.74 Å². The summed E-state index contributed by atoms with van der Waals surface area (Å²) >= 11 is 3.38. The number of methoxy groups -OCH3 is 1. The van der Waals surface area contributed by atoms with Crippen LogP contribution in [-0.4, -0.2) is 32.1 Å². The molecule has 0 aliphatic rings. The summed E-state index contributed by atoms with van der Waals surface area (Å²) in [6.07, 6.45) is 1.64. The van der Waals surface area contributed by atoms with Crippen LogP contribution in [-0.2, 0) is 0 Å². The molecule has 0 aliphatic heterocycles. The van der Waals surface area contributed by atoms with Crippen LogP contribution in [0.1, 0.15) is 10.4 Å². The first-order valence-electron chi connectivity index (χ1n) is 6.30. The molecule has 0 saturated carbocycles. The summed E-state index contributed by atoms with van der Waals surface area (Å²) in [5.41, 5.74) is 1.92. The zero-order valence-corrected chi connectivity index (χ0v) is 13.6. The van der Waals surface area contributed by atoms with Gasteiger partial charge in [0.1, 0.15) is 5.69 Å². The number of ether oxygens (including phenoxy) is 1. The molecule has 0 spiro atoms. The molecular formula is C15H16BrN3O2. The van der Waals surface area contributed by atoms with Crippen molar-refractivity contribution in [1.82, 2.24) is 4.98 Å². The molecule has 0 atom stereocenters. The largest absolute Gasteiger partial charge is 0.479 e. The molecule has 6 heteroatoms. The van der Waals surface area contributed by atoms with Gasteiger partial charge in [0.2, 0.25) is 5.88 Å². The van der Waals surface area contributed by atoms with Gasteiger partial charge in [-0.25, -0.2) is 4.98 Å².